The fourth-order valence-electron chi connectivity index (χ4n) is 3.11. The highest BCUT2D eigenvalue weighted by Crippen LogP contribution is 2.34. The average Bonchev–Trinajstić information content (AvgIpc) is 2.99. The van der Waals surface area contributed by atoms with Crippen LogP contribution in [0.3, 0.4) is 0 Å². The Morgan fingerprint density at radius 1 is 1.32 bits per heavy atom. The standard InChI is InChI=1S/C21H27N3O2S2/c1-14-12-16-18(28-14)19(26)24(11-10-15-8-6-5-7-9-15)20(22-16)27-13-17(25)23-21(2,3)4/h5-9,14H,10-13H2,1-4H3,(H,23,25). The van der Waals surface area contributed by atoms with Crippen LogP contribution in [0.2, 0.25) is 0 Å². The number of hydrogen-bond donors (Lipinski definition) is 1. The van der Waals surface area contributed by atoms with Crippen LogP contribution in [0.1, 0.15) is 39.0 Å². The van der Waals surface area contributed by atoms with Crippen molar-refractivity contribution in [2.75, 3.05) is 5.75 Å². The molecule has 0 saturated heterocycles. The Morgan fingerprint density at radius 3 is 2.71 bits per heavy atom. The van der Waals surface area contributed by atoms with Gasteiger partial charge in [-0.2, -0.15) is 0 Å². The van der Waals surface area contributed by atoms with Crippen molar-refractivity contribution in [3.05, 3.63) is 51.9 Å². The van der Waals surface area contributed by atoms with E-state index in [1.165, 1.54) is 17.3 Å². The first-order chi connectivity index (χ1) is 13.2. The third-order valence-electron chi connectivity index (χ3n) is 4.28. The molecule has 0 spiro atoms. The van der Waals surface area contributed by atoms with Crippen LogP contribution in [0, 0.1) is 0 Å². The lowest BCUT2D eigenvalue weighted by molar-refractivity contribution is -0.119. The monoisotopic (exact) mass is 417 g/mol. The summed E-state index contributed by atoms with van der Waals surface area (Å²) in [4.78, 5) is 30.9. The minimum atomic E-state index is -0.276. The van der Waals surface area contributed by atoms with E-state index in [9.17, 15) is 9.59 Å². The molecule has 28 heavy (non-hydrogen) atoms. The number of nitrogens with zero attached hydrogens (tertiary/aromatic N) is 2. The van der Waals surface area contributed by atoms with E-state index in [0.29, 0.717) is 17.0 Å². The third-order valence-corrected chi connectivity index (χ3v) is 6.47. The molecule has 5 nitrogen and oxygen atoms in total. The zero-order valence-corrected chi connectivity index (χ0v) is 18.5. The van der Waals surface area contributed by atoms with Crippen molar-refractivity contribution in [2.24, 2.45) is 0 Å². The van der Waals surface area contributed by atoms with Gasteiger partial charge in [0.2, 0.25) is 5.91 Å². The number of thioether (sulfide) groups is 2. The lowest BCUT2D eigenvalue weighted by Gasteiger charge is -2.20. The van der Waals surface area contributed by atoms with Crippen molar-refractivity contribution in [1.29, 1.82) is 0 Å². The fraction of sp³-hybridized carbons (Fsp3) is 0.476. The number of carbonyl (C=O) groups is 1. The van der Waals surface area contributed by atoms with Gasteiger partial charge < -0.3 is 5.32 Å². The van der Waals surface area contributed by atoms with Crippen molar-refractivity contribution >= 4 is 29.4 Å². The average molecular weight is 418 g/mol. The van der Waals surface area contributed by atoms with E-state index >= 15 is 0 Å². The summed E-state index contributed by atoms with van der Waals surface area (Å²) in [5.41, 5.74) is 1.80. The Morgan fingerprint density at radius 2 is 2.04 bits per heavy atom. The second kappa shape index (κ2) is 8.74. The molecule has 1 amide bonds. The number of aryl methyl sites for hydroxylation is 1. The second-order valence-electron chi connectivity index (χ2n) is 8.08. The van der Waals surface area contributed by atoms with Gasteiger partial charge in [-0.15, -0.1) is 11.8 Å². The van der Waals surface area contributed by atoms with Gasteiger partial charge in [0.1, 0.15) is 0 Å². The summed E-state index contributed by atoms with van der Waals surface area (Å²) in [6, 6.07) is 10.1. The van der Waals surface area contributed by atoms with E-state index in [2.05, 4.69) is 24.4 Å². The number of amides is 1. The zero-order chi connectivity index (χ0) is 20.3. The summed E-state index contributed by atoms with van der Waals surface area (Å²) < 4.78 is 1.74. The quantitative estimate of drug-likeness (QED) is 0.575. The molecule has 3 rings (SSSR count). The van der Waals surface area contributed by atoms with Gasteiger partial charge in [0.15, 0.2) is 5.16 Å². The number of nitrogens with one attached hydrogen (secondary N) is 1. The minimum absolute atomic E-state index is 0.0222. The second-order valence-corrected chi connectivity index (χ2v) is 10.5. The van der Waals surface area contributed by atoms with Gasteiger partial charge >= 0.3 is 0 Å². The molecule has 1 aromatic carbocycles. The predicted octanol–water partition coefficient (Wildman–Crippen LogP) is 3.53. The number of fused-ring (bicyclic) bond motifs is 1. The number of carbonyl (C=O) groups excluding carboxylic acids is 1. The Balaban J connectivity index is 1.83. The molecular weight excluding hydrogens is 390 g/mol. The molecule has 1 aliphatic heterocycles. The number of rotatable bonds is 6. The van der Waals surface area contributed by atoms with Gasteiger partial charge in [-0.3, -0.25) is 14.2 Å². The van der Waals surface area contributed by atoms with Crippen LogP contribution in [-0.4, -0.2) is 32.0 Å². The lowest BCUT2D eigenvalue weighted by atomic mass is 10.1. The number of benzene rings is 1. The molecule has 1 atom stereocenters. The van der Waals surface area contributed by atoms with Gasteiger partial charge in [-0.25, -0.2) is 4.98 Å². The molecule has 0 fully saturated rings. The van der Waals surface area contributed by atoms with Crippen molar-refractivity contribution in [3.63, 3.8) is 0 Å². The molecule has 2 heterocycles. The SMILES string of the molecule is CC1Cc2nc(SCC(=O)NC(C)(C)C)n(CCc3ccccc3)c(=O)c2S1. The van der Waals surface area contributed by atoms with Crippen LogP contribution in [0.5, 0.6) is 0 Å². The van der Waals surface area contributed by atoms with E-state index in [4.69, 9.17) is 4.98 Å². The Bertz CT molecular complexity index is 904. The van der Waals surface area contributed by atoms with E-state index in [-0.39, 0.29) is 22.8 Å². The first kappa shape index (κ1) is 21.0. The molecule has 1 aromatic heterocycles. The van der Waals surface area contributed by atoms with Crippen molar-refractivity contribution in [3.8, 4) is 0 Å². The number of hydrogen-bond acceptors (Lipinski definition) is 5. The van der Waals surface area contributed by atoms with Gasteiger partial charge in [0.25, 0.3) is 5.56 Å². The Hall–Kier alpha value is -1.73. The van der Waals surface area contributed by atoms with E-state index < -0.39 is 0 Å². The van der Waals surface area contributed by atoms with Crippen LogP contribution in [-0.2, 0) is 24.2 Å². The Labute approximate surface area is 174 Å². The van der Waals surface area contributed by atoms with Crippen LogP contribution in [0.15, 0.2) is 45.2 Å². The largest absolute Gasteiger partial charge is 0.351 e. The fourth-order valence-corrected chi connectivity index (χ4v) is 5.07. The van der Waals surface area contributed by atoms with Gasteiger partial charge in [0, 0.05) is 23.8 Å². The molecule has 1 aliphatic rings. The maximum absolute atomic E-state index is 13.1. The van der Waals surface area contributed by atoms with Crippen LogP contribution < -0.4 is 10.9 Å². The van der Waals surface area contributed by atoms with Crippen LogP contribution in [0.25, 0.3) is 0 Å². The smallest absolute Gasteiger partial charge is 0.268 e. The maximum atomic E-state index is 13.1. The normalized spacial score (nSPS) is 16.1. The van der Waals surface area contributed by atoms with E-state index in [0.717, 1.165) is 23.4 Å². The first-order valence-electron chi connectivity index (χ1n) is 9.51. The molecule has 1 N–H and O–H groups in total. The first-order valence-corrected chi connectivity index (χ1v) is 11.4. The van der Waals surface area contributed by atoms with Gasteiger partial charge in [-0.1, -0.05) is 49.0 Å². The Kier molecular flexibility index (Phi) is 6.55. The third kappa shape index (κ3) is 5.41. The van der Waals surface area contributed by atoms with E-state index in [1.807, 2.05) is 39.0 Å². The summed E-state index contributed by atoms with van der Waals surface area (Å²) >= 11 is 2.95. The molecule has 0 aliphatic carbocycles. The van der Waals surface area contributed by atoms with Crippen molar-refractivity contribution in [1.82, 2.24) is 14.9 Å². The summed E-state index contributed by atoms with van der Waals surface area (Å²) in [5, 5.41) is 3.96. The van der Waals surface area contributed by atoms with Crippen LogP contribution >= 0.6 is 23.5 Å². The molecule has 7 heteroatoms. The minimum Gasteiger partial charge on any atom is -0.351 e. The maximum Gasteiger partial charge on any atom is 0.268 e. The summed E-state index contributed by atoms with van der Waals surface area (Å²) in [5.74, 6) is 0.195. The lowest BCUT2D eigenvalue weighted by Crippen LogP contribution is -2.41. The predicted molar refractivity (Wildman–Crippen MR) is 116 cm³/mol. The molecule has 1 unspecified atom stereocenters. The zero-order valence-electron chi connectivity index (χ0n) is 16.8. The van der Waals surface area contributed by atoms with Crippen molar-refractivity contribution < 1.29 is 4.79 Å². The highest BCUT2D eigenvalue weighted by atomic mass is 32.2. The molecule has 150 valence electrons. The molecule has 0 radical (unpaired) electrons. The highest BCUT2D eigenvalue weighted by molar-refractivity contribution is 8.00. The van der Waals surface area contributed by atoms with Crippen LogP contribution in [0.4, 0.5) is 0 Å². The number of aromatic nitrogens is 2. The van der Waals surface area contributed by atoms with Crippen molar-refractivity contribution in [2.45, 2.75) is 67.9 Å². The molecule has 0 bridgehead atoms. The van der Waals surface area contributed by atoms with Gasteiger partial charge in [0.05, 0.1) is 16.3 Å². The summed E-state index contributed by atoms with van der Waals surface area (Å²) in [7, 11) is 0. The molecule has 2 aromatic rings. The molecule has 0 saturated carbocycles. The summed E-state index contributed by atoms with van der Waals surface area (Å²) in [6.07, 6.45) is 1.56. The highest BCUT2D eigenvalue weighted by Gasteiger charge is 2.26. The van der Waals surface area contributed by atoms with E-state index in [1.54, 1.807) is 16.3 Å². The topological polar surface area (TPSA) is 64.0 Å². The molecular formula is C21H27N3O2S2. The van der Waals surface area contributed by atoms with Gasteiger partial charge in [-0.05, 0) is 32.8 Å². The summed E-state index contributed by atoms with van der Waals surface area (Å²) in [6.45, 7) is 8.54.